The van der Waals surface area contributed by atoms with E-state index in [1.165, 1.54) is 11.3 Å². The summed E-state index contributed by atoms with van der Waals surface area (Å²) in [5.41, 5.74) is 2.58. The summed E-state index contributed by atoms with van der Waals surface area (Å²) in [5, 5.41) is 0. The Hall–Kier alpha value is -1.28. The standard InChI is InChI=1S/C14H15NS/c1-2-6-13(7-3-1)9-11-16-12-14-8-4-5-10-15-14/h1-8,10H,9,11-12H2. The zero-order valence-electron chi connectivity index (χ0n) is 9.17. The topological polar surface area (TPSA) is 12.9 Å². The molecule has 0 atom stereocenters. The van der Waals surface area contributed by atoms with E-state index in [2.05, 4.69) is 41.4 Å². The van der Waals surface area contributed by atoms with Gasteiger partial charge in [-0.25, -0.2) is 0 Å². The van der Waals surface area contributed by atoms with Gasteiger partial charge in [-0.2, -0.15) is 11.8 Å². The minimum Gasteiger partial charge on any atom is -0.260 e. The summed E-state index contributed by atoms with van der Waals surface area (Å²) in [4.78, 5) is 4.30. The quantitative estimate of drug-likeness (QED) is 0.727. The maximum absolute atomic E-state index is 4.30. The molecular weight excluding hydrogens is 214 g/mol. The second-order valence-electron chi connectivity index (χ2n) is 3.61. The lowest BCUT2D eigenvalue weighted by molar-refractivity contribution is 1.14. The summed E-state index contributed by atoms with van der Waals surface area (Å²) in [7, 11) is 0. The molecule has 1 heterocycles. The minimum atomic E-state index is 1.01. The molecule has 0 bridgehead atoms. The smallest absolute Gasteiger partial charge is 0.0502 e. The zero-order chi connectivity index (χ0) is 11.1. The van der Waals surface area contributed by atoms with Gasteiger partial charge in [-0.15, -0.1) is 0 Å². The van der Waals surface area contributed by atoms with Crippen molar-refractivity contribution in [1.82, 2.24) is 4.98 Å². The van der Waals surface area contributed by atoms with E-state index in [9.17, 15) is 0 Å². The van der Waals surface area contributed by atoms with Crippen LogP contribution in [-0.4, -0.2) is 10.7 Å². The summed E-state index contributed by atoms with van der Waals surface area (Å²) in [6.07, 6.45) is 2.99. The van der Waals surface area contributed by atoms with Crippen LogP contribution in [0.25, 0.3) is 0 Å². The number of thioether (sulfide) groups is 1. The van der Waals surface area contributed by atoms with Crippen LogP contribution in [0.4, 0.5) is 0 Å². The van der Waals surface area contributed by atoms with Crippen LogP contribution >= 0.6 is 11.8 Å². The van der Waals surface area contributed by atoms with Crippen molar-refractivity contribution >= 4 is 11.8 Å². The number of hydrogen-bond acceptors (Lipinski definition) is 2. The minimum absolute atomic E-state index is 1.01. The van der Waals surface area contributed by atoms with Crippen LogP contribution < -0.4 is 0 Å². The Kier molecular flexibility index (Phi) is 4.44. The van der Waals surface area contributed by atoms with Gasteiger partial charge < -0.3 is 0 Å². The van der Waals surface area contributed by atoms with E-state index in [1.807, 2.05) is 30.1 Å². The number of nitrogens with zero attached hydrogens (tertiary/aromatic N) is 1. The number of aromatic nitrogens is 1. The molecule has 82 valence electrons. The second-order valence-corrected chi connectivity index (χ2v) is 4.71. The highest BCUT2D eigenvalue weighted by atomic mass is 32.2. The number of pyridine rings is 1. The summed E-state index contributed by atoms with van der Waals surface area (Å²) in [6, 6.07) is 16.7. The fourth-order valence-electron chi connectivity index (χ4n) is 1.49. The summed E-state index contributed by atoms with van der Waals surface area (Å²) < 4.78 is 0. The molecule has 0 unspecified atom stereocenters. The Morgan fingerprint density at radius 3 is 2.50 bits per heavy atom. The van der Waals surface area contributed by atoms with E-state index in [1.54, 1.807) is 0 Å². The van der Waals surface area contributed by atoms with Gasteiger partial charge in [0.25, 0.3) is 0 Å². The predicted octanol–water partition coefficient (Wildman–Crippen LogP) is 3.56. The molecule has 2 heteroatoms. The molecule has 0 aliphatic heterocycles. The van der Waals surface area contributed by atoms with E-state index in [0.29, 0.717) is 0 Å². The van der Waals surface area contributed by atoms with Crippen LogP contribution in [0.5, 0.6) is 0 Å². The van der Waals surface area contributed by atoms with Gasteiger partial charge in [0.1, 0.15) is 0 Å². The van der Waals surface area contributed by atoms with Gasteiger partial charge in [-0.3, -0.25) is 4.98 Å². The molecule has 1 aromatic carbocycles. The van der Waals surface area contributed by atoms with Crippen molar-refractivity contribution < 1.29 is 0 Å². The van der Waals surface area contributed by atoms with Crippen LogP contribution in [0.15, 0.2) is 54.7 Å². The number of hydrogen-bond donors (Lipinski definition) is 0. The maximum atomic E-state index is 4.30. The maximum Gasteiger partial charge on any atom is 0.0502 e. The molecule has 0 aliphatic rings. The molecule has 1 nitrogen and oxygen atoms in total. The zero-order valence-corrected chi connectivity index (χ0v) is 9.99. The second kappa shape index (κ2) is 6.33. The van der Waals surface area contributed by atoms with Crippen LogP contribution in [0.2, 0.25) is 0 Å². The van der Waals surface area contributed by atoms with Crippen molar-refractivity contribution in [3.05, 3.63) is 66.0 Å². The highest BCUT2D eigenvalue weighted by Gasteiger charge is 1.95. The first-order valence-electron chi connectivity index (χ1n) is 5.47. The molecule has 0 saturated carbocycles. The molecule has 16 heavy (non-hydrogen) atoms. The van der Waals surface area contributed by atoms with E-state index in [4.69, 9.17) is 0 Å². The van der Waals surface area contributed by atoms with Crippen LogP contribution in [0.3, 0.4) is 0 Å². The summed E-state index contributed by atoms with van der Waals surface area (Å²) in [5.74, 6) is 2.16. The van der Waals surface area contributed by atoms with Gasteiger partial charge >= 0.3 is 0 Å². The Morgan fingerprint density at radius 1 is 0.938 bits per heavy atom. The van der Waals surface area contributed by atoms with Gasteiger partial charge in [-0.05, 0) is 29.9 Å². The Balaban J connectivity index is 1.70. The first kappa shape index (κ1) is 11.2. The van der Waals surface area contributed by atoms with Crippen molar-refractivity contribution in [1.29, 1.82) is 0 Å². The van der Waals surface area contributed by atoms with E-state index in [0.717, 1.165) is 17.9 Å². The largest absolute Gasteiger partial charge is 0.260 e. The van der Waals surface area contributed by atoms with Crippen LogP contribution in [-0.2, 0) is 12.2 Å². The molecular formula is C14H15NS. The molecule has 0 amide bonds. The van der Waals surface area contributed by atoms with E-state index in [-0.39, 0.29) is 0 Å². The number of aryl methyl sites for hydroxylation is 1. The van der Waals surface area contributed by atoms with Crippen molar-refractivity contribution in [2.45, 2.75) is 12.2 Å². The molecule has 0 aliphatic carbocycles. The van der Waals surface area contributed by atoms with Gasteiger partial charge in [0.05, 0.1) is 5.69 Å². The van der Waals surface area contributed by atoms with Crippen molar-refractivity contribution in [3.63, 3.8) is 0 Å². The third kappa shape index (κ3) is 3.70. The fraction of sp³-hybridized carbons (Fsp3) is 0.214. The lowest BCUT2D eigenvalue weighted by Crippen LogP contribution is -1.90. The molecule has 0 N–H and O–H groups in total. The molecule has 0 radical (unpaired) electrons. The first-order valence-corrected chi connectivity index (χ1v) is 6.62. The Bertz CT molecular complexity index is 358. The van der Waals surface area contributed by atoms with Gasteiger partial charge in [0.2, 0.25) is 0 Å². The molecule has 2 aromatic rings. The van der Waals surface area contributed by atoms with Crippen LogP contribution in [0, 0.1) is 0 Å². The van der Waals surface area contributed by atoms with E-state index < -0.39 is 0 Å². The third-order valence-electron chi connectivity index (χ3n) is 2.35. The van der Waals surface area contributed by atoms with E-state index >= 15 is 0 Å². The highest BCUT2D eigenvalue weighted by Crippen LogP contribution is 2.11. The highest BCUT2D eigenvalue weighted by molar-refractivity contribution is 7.98. The number of benzene rings is 1. The average molecular weight is 229 g/mol. The van der Waals surface area contributed by atoms with Crippen molar-refractivity contribution in [3.8, 4) is 0 Å². The van der Waals surface area contributed by atoms with Crippen LogP contribution in [0.1, 0.15) is 11.3 Å². The summed E-state index contributed by atoms with van der Waals surface area (Å²) in [6.45, 7) is 0. The molecule has 0 saturated heterocycles. The molecule has 1 aromatic heterocycles. The normalized spacial score (nSPS) is 10.2. The van der Waals surface area contributed by atoms with Crippen molar-refractivity contribution in [2.24, 2.45) is 0 Å². The first-order chi connectivity index (χ1) is 7.95. The van der Waals surface area contributed by atoms with Gasteiger partial charge in [0, 0.05) is 11.9 Å². The fourth-order valence-corrected chi connectivity index (χ4v) is 2.40. The Morgan fingerprint density at radius 2 is 1.75 bits per heavy atom. The molecule has 0 spiro atoms. The third-order valence-corrected chi connectivity index (χ3v) is 3.35. The monoisotopic (exact) mass is 229 g/mol. The molecule has 2 rings (SSSR count). The Labute approximate surface area is 101 Å². The SMILES string of the molecule is c1ccc(CCSCc2ccccn2)cc1. The van der Waals surface area contributed by atoms with Gasteiger partial charge in [0.15, 0.2) is 0 Å². The lowest BCUT2D eigenvalue weighted by atomic mass is 10.2. The summed E-state index contributed by atoms with van der Waals surface area (Å²) >= 11 is 1.94. The number of rotatable bonds is 5. The molecule has 0 fully saturated rings. The van der Waals surface area contributed by atoms with Crippen molar-refractivity contribution in [2.75, 3.05) is 5.75 Å². The average Bonchev–Trinajstić information content (AvgIpc) is 2.37. The predicted molar refractivity (Wildman–Crippen MR) is 70.5 cm³/mol. The van der Waals surface area contributed by atoms with Gasteiger partial charge in [-0.1, -0.05) is 36.4 Å². The lowest BCUT2D eigenvalue weighted by Gasteiger charge is -2.01.